The molecule has 0 radical (unpaired) electrons. The zero-order valence-corrected chi connectivity index (χ0v) is 13.1. The molecule has 0 saturated carbocycles. The molecular formula is C10H19NO7S2. The second-order valence-electron chi connectivity index (χ2n) is 4.53. The molecule has 0 atom stereocenters. The summed E-state index contributed by atoms with van der Waals surface area (Å²) in [5.41, 5.74) is -0.725. The van der Waals surface area contributed by atoms with Crippen molar-refractivity contribution in [3.05, 3.63) is 24.1 Å². The first kappa shape index (κ1) is 21.1. The molecule has 0 fully saturated rings. The molecule has 0 aromatic carbocycles. The van der Waals surface area contributed by atoms with E-state index in [0.717, 1.165) is 0 Å². The molecule has 0 aliphatic rings. The third-order valence-corrected chi connectivity index (χ3v) is 3.10. The lowest BCUT2D eigenvalue weighted by molar-refractivity contribution is -0.118. The average Bonchev–Trinajstić information content (AvgIpc) is 2.12. The molecule has 0 aromatic rings. The molecule has 0 unspecified atom stereocenters. The zero-order chi connectivity index (χ0) is 16.8. The fourth-order valence-corrected chi connectivity index (χ4v) is 1.89. The lowest BCUT2D eigenvalue weighted by atomic mass is 10.1. The van der Waals surface area contributed by atoms with Gasteiger partial charge in [-0.25, -0.2) is 0 Å². The van der Waals surface area contributed by atoms with Crippen molar-refractivity contribution in [2.24, 2.45) is 0 Å². The summed E-state index contributed by atoms with van der Waals surface area (Å²) < 4.78 is 56.3. The van der Waals surface area contributed by atoms with Gasteiger partial charge in [-0.15, -0.1) is 0 Å². The second-order valence-corrected chi connectivity index (χ2v) is 7.34. The Morgan fingerprint density at radius 2 is 1.60 bits per heavy atom. The first-order valence-corrected chi connectivity index (χ1v) is 8.24. The Kier molecular flexibility index (Phi) is 7.93. The van der Waals surface area contributed by atoms with E-state index in [4.69, 9.17) is 9.11 Å². The van der Waals surface area contributed by atoms with Gasteiger partial charge < -0.3 is 5.32 Å². The van der Waals surface area contributed by atoms with E-state index >= 15 is 0 Å². The molecule has 3 N–H and O–H groups in total. The largest absolute Gasteiger partial charge is 0.346 e. The third-order valence-electron chi connectivity index (χ3n) is 1.59. The average molecular weight is 329 g/mol. The van der Waals surface area contributed by atoms with Gasteiger partial charge in [-0.1, -0.05) is 13.2 Å². The zero-order valence-electron chi connectivity index (χ0n) is 11.5. The summed E-state index contributed by atoms with van der Waals surface area (Å²) in [6.07, 6.45) is 0. The van der Waals surface area contributed by atoms with Crippen molar-refractivity contribution in [3.8, 4) is 0 Å². The van der Waals surface area contributed by atoms with E-state index in [1.807, 2.05) is 0 Å². The Hall–Kier alpha value is -1.23. The van der Waals surface area contributed by atoms with Crippen LogP contribution in [-0.2, 0) is 25.0 Å². The highest BCUT2D eigenvalue weighted by molar-refractivity contribution is 7.88. The maximum absolute atomic E-state index is 11.2. The molecule has 10 heteroatoms. The second kappa shape index (κ2) is 7.53. The van der Waals surface area contributed by atoms with Crippen LogP contribution in [0.5, 0.6) is 0 Å². The Morgan fingerprint density at radius 3 is 1.80 bits per heavy atom. The Labute approximate surface area is 119 Å². The minimum atomic E-state index is -4.10. The van der Waals surface area contributed by atoms with Crippen LogP contribution in [0.15, 0.2) is 24.1 Å². The summed E-state index contributed by atoms with van der Waals surface area (Å²) in [6, 6.07) is 0. The van der Waals surface area contributed by atoms with Crippen molar-refractivity contribution >= 4 is 26.1 Å². The maximum atomic E-state index is 11.2. The van der Waals surface area contributed by atoms with E-state index < -0.39 is 37.4 Å². The number of hydrogen-bond donors (Lipinski definition) is 3. The first-order chi connectivity index (χ1) is 8.59. The van der Waals surface area contributed by atoms with Crippen LogP contribution in [-0.4, -0.2) is 43.1 Å². The molecule has 0 aliphatic carbocycles. The number of amides is 1. The van der Waals surface area contributed by atoms with Crippen LogP contribution in [0.25, 0.3) is 0 Å². The summed E-state index contributed by atoms with van der Waals surface area (Å²) >= 11 is 0. The minimum absolute atomic E-state index is 0.286. The summed E-state index contributed by atoms with van der Waals surface area (Å²) in [4.78, 5) is 11.2. The van der Waals surface area contributed by atoms with Crippen LogP contribution in [0.4, 0.5) is 0 Å². The van der Waals surface area contributed by atoms with Crippen molar-refractivity contribution < 1.29 is 30.7 Å². The van der Waals surface area contributed by atoms with Crippen LogP contribution in [0.3, 0.4) is 0 Å². The molecule has 0 spiro atoms. The van der Waals surface area contributed by atoms with Gasteiger partial charge in [0.2, 0.25) is 5.91 Å². The quantitative estimate of drug-likeness (QED) is 0.489. The maximum Gasteiger partial charge on any atom is 0.287 e. The standard InChI is InChI=1S/C8H15NO4S.C2H4O3S/c1-6(2)7(10)9-8(3,4)5-14(11,12)13;1-2-6(3,4)5/h1,5H2,2-4H3,(H,9,10)(H,11,12,13);2H,1H2,(H,3,4,5). The minimum Gasteiger partial charge on any atom is -0.346 e. The molecule has 0 saturated heterocycles. The van der Waals surface area contributed by atoms with Crippen LogP contribution < -0.4 is 5.32 Å². The lowest BCUT2D eigenvalue weighted by Gasteiger charge is -2.24. The van der Waals surface area contributed by atoms with Gasteiger partial charge in [0.1, 0.15) is 0 Å². The fraction of sp³-hybridized carbons (Fsp3) is 0.500. The Balaban J connectivity index is 0. The molecule has 0 heterocycles. The van der Waals surface area contributed by atoms with E-state index in [-0.39, 0.29) is 5.57 Å². The SMILES string of the molecule is C=C(C)C(=O)NC(C)(C)CS(=O)(=O)O.C=CS(=O)(=O)O. The molecule has 20 heavy (non-hydrogen) atoms. The highest BCUT2D eigenvalue weighted by Gasteiger charge is 2.26. The predicted octanol–water partition coefficient (Wildman–Crippen LogP) is 0.363. The van der Waals surface area contributed by atoms with Gasteiger partial charge >= 0.3 is 0 Å². The van der Waals surface area contributed by atoms with E-state index in [2.05, 4.69) is 18.5 Å². The highest BCUT2D eigenvalue weighted by atomic mass is 32.2. The molecule has 0 aromatic heterocycles. The monoisotopic (exact) mass is 329 g/mol. The number of rotatable bonds is 5. The van der Waals surface area contributed by atoms with Gasteiger partial charge in [0.25, 0.3) is 20.2 Å². The Bertz CT molecular complexity index is 561. The molecule has 1 amide bonds. The number of carbonyl (C=O) groups is 1. The summed E-state index contributed by atoms with van der Waals surface area (Å²) in [5, 5.41) is 2.90. The lowest BCUT2D eigenvalue weighted by Crippen LogP contribution is -2.48. The highest BCUT2D eigenvalue weighted by Crippen LogP contribution is 2.06. The van der Waals surface area contributed by atoms with Crippen molar-refractivity contribution in [1.82, 2.24) is 5.32 Å². The summed E-state index contributed by atoms with van der Waals surface area (Å²) in [5.74, 6) is -0.961. The van der Waals surface area contributed by atoms with E-state index in [0.29, 0.717) is 5.41 Å². The molecular weight excluding hydrogens is 310 g/mol. The van der Waals surface area contributed by atoms with E-state index in [1.54, 1.807) is 0 Å². The first-order valence-electron chi connectivity index (χ1n) is 5.13. The van der Waals surface area contributed by atoms with Gasteiger partial charge in [0, 0.05) is 5.57 Å². The third kappa shape index (κ3) is 14.8. The van der Waals surface area contributed by atoms with Crippen molar-refractivity contribution in [2.75, 3.05) is 5.75 Å². The van der Waals surface area contributed by atoms with Crippen LogP contribution >= 0.6 is 0 Å². The fourth-order valence-electron chi connectivity index (χ4n) is 0.906. The molecule has 0 aliphatic heterocycles. The van der Waals surface area contributed by atoms with Gasteiger partial charge in [-0.2, -0.15) is 16.8 Å². The van der Waals surface area contributed by atoms with Crippen LogP contribution in [0.1, 0.15) is 20.8 Å². The van der Waals surface area contributed by atoms with E-state index in [1.165, 1.54) is 20.8 Å². The Morgan fingerprint density at radius 1 is 1.25 bits per heavy atom. The molecule has 0 rings (SSSR count). The van der Waals surface area contributed by atoms with Crippen molar-refractivity contribution in [1.29, 1.82) is 0 Å². The molecule has 8 nitrogen and oxygen atoms in total. The number of nitrogens with one attached hydrogen (secondary N) is 1. The summed E-state index contributed by atoms with van der Waals surface area (Å²) in [7, 11) is -8.00. The van der Waals surface area contributed by atoms with Crippen LogP contribution in [0, 0.1) is 0 Å². The van der Waals surface area contributed by atoms with Gasteiger partial charge in [-0.3, -0.25) is 13.9 Å². The number of hydrogen-bond acceptors (Lipinski definition) is 5. The smallest absolute Gasteiger partial charge is 0.287 e. The normalized spacial score (nSPS) is 11.8. The summed E-state index contributed by atoms with van der Waals surface area (Å²) in [6.45, 7) is 10.7. The predicted molar refractivity (Wildman–Crippen MR) is 75.2 cm³/mol. The van der Waals surface area contributed by atoms with Crippen molar-refractivity contribution in [2.45, 2.75) is 26.3 Å². The van der Waals surface area contributed by atoms with Gasteiger partial charge in [0.15, 0.2) is 0 Å². The van der Waals surface area contributed by atoms with Crippen molar-refractivity contribution in [3.63, 3.8) is 0 Å². The van der Waals surface area contributed by atoms with Gasteiger partial charge in [0.05, 0.1) is 16.7 Å². The van der Waals surface area contributed by atoms with Gasteiger partial charge in [-0.05, 0) is 20.8 Å². The molecule has 118 valence electrons. The van der Waals surface area contributed by atoms with Crippen LogP contribution in [0.2, 0.25) is 0 Å². The molecule has 0 bridgehead atoms. The van der Waals surface area contributed by atoms with E-state index in [9.17, 15) is 21.6 Å². The topological polar surface area (TPSA) is 138 Å². The number of carbonyl (C=O) groups excluding carboxylic acids is 1.